The van der Waals surface area contributed by atoms with Crippen molar-refractivity contribution in [2.24, 2.45) is 0 Å². The Morgan fingerprint density at radius 2 is 2.00 bits per heavy atom. The second-order valence-electron chi connectivity index (χ2n) is 4.86. The molecule has 1 aliphatic rings. The molecule has 2 N–H and O–H groups in total. The lowest BCUT2D eigenvalue weighted by molar-refractivity contribution is 0.102. The van der Waals surface area contributed by atoms with Crippen molar-refractivity contribution in [3.63, 3.8) is 0 Å². The lowest BCUT2D eigenvalue weighted by Crippen LogP contribution is -2.13. The molecular formula is C16H13FN2O3. The molecule has 1 heterocycles. The molecule has 6 heteroatoms. The van der Waals surface area contributed by atoms with E-state index in [1.165, 1.54) is 24.3 Å². The van der Waals surface area contributed by atoms with Crippen LogP contribution < -0.4 is 10.6 Å². The van der Waals surface area contributed by atoms with E-state index < -0.39 is 11.9 Å². The molecule has 1 aliphatic heterocycles. The summed E-state index contributed by atoms with van der Waals surface area (Å²) in [5.74, 6) is -0.847. The molecule has 0 aliphatic carbocycles. The van der Waals surface area contributed by atoms with Crippen LogP contribution in [0.2, 0.25) is 0 Å². The van der Waals surface area contributed by atoms with Gasteiger partial charge in [0.25, 0.3) is 5.91 Å². The van der Waals surface area contributed by atoms with Gasteiger partial charge in [-0.1, -0.05) is 18.2 Å². The van der Waals surface area contributed by atoms with Gasteiger partial charge in [-0.3, -0.25) is 4.79 Å². The van der Waals surface area contributed by atoms with E-state index in [-0.39, 0.29) is 17.6 Å². The molecule has 1 fully saturated rings. The van der Waals surface area contributed by atoms with Gasteiger partial charge in [0, 0.05) is 11.3 Å². The van der Waals surface area contributed by atoms with Crippen molar-refractivity contribution in [2.75, 3.05) is 11.9 Å². The summed E-state index contributed by atoms with van der Waals surface area (Å²) >= 11 is 0. The molecule has 2 amide bonds. The number of hydrogen-bond acceptors (Lipinski definition) is 3. The monoisotopic (exact) mass is 300 g/mol. The van der Waals surface area contributed by atoms with Crippen molar-refractivity contribution in [2.45, 2.75) is 6.10 Å². The van der Waals surface area contributed by atoms with Gasteiger partial charge in [0.05, 0.1) is 6.54 Å². The molecule has 0 spiro atoms. The minimum atomic E-state index is -0.460. The molecule has 1 saturated heterocycles. The predicted octanol–water partition coefficient (Wildman–Crippen LogP) is 2.86. The highest BCUT2D eigenvalue weighted by molar-refractivity contribution is 6.04. The van der Waals surface area contributed by atoms with E-state index in [0.717, 1.165) is 5.56 Å². The van der Waals surface area contributed by atoms with Gasteiger partial charge in [-0.15, -0.1) is 0 Å². The highest BCUT2D eigenvalue weighted by atomic mass is 19.1. The minimum Gasteiger partial charge on any atom is -0.439 e. The van der Waals surface area contributed by atoms with Crippen LogP contribution >= 0.6 is 0 Å². The molecule has 22 heavy (non-hydrogen) atoms. The summed E-state index contributed by atoms with van der Waals surface area (Å²) in [6, 6.07) is 12.4. The zero-order valence-corrected chi connectivity index (χ0v) is 11.5. The predicted molar refractivity (Wildman–Crippen MR) is 78.0 cm³/mol. The SMILES string of the molecule is O=C1NCC(c2ccc(NC(=O)c3cccc(F)c3)cc2)O1. The van der Waals surface area contributed by atoms with Crippen molar-refractivity contribution < 1.29 is 18.7 Å². The van der Waals surface area contributed by atoms with E-state index in [0.29, 0.717) is 12.2 Å². The third-order valence-corrected chi connectivity index (χ3v) is 3.31. The number of benzene rings is 2. The summed E-state index contributed by atoms with van der Waals surface area (Å²) in [6.45, 7) is 0.424. The number of carbonyl (C=O) groups excluding carboxylic acids is 2. The molecule has 1 unspecified atom stereocenters. The van der Waals surface area contributed by atoms with Gasteiger partial charge in [-0.05, 0) is 35.9 Å². The van der Waals surface area contributed by atoms with Crippen molar-refractivity contribution in [3.05, 3.63) is 65.5 Å². The lowest BCUT2D eigenvalue weighted by atomic mass is 10.1. The number of amides is 2. The number of rotatable bonds is 3. The number of hydrogen-bond donors (Lipinski definition) is 2. The summed E-state index contributed by atoms with van der Waals surface area (Å²) in [6.07, 6.45) is -0.756. The summed E-state index contributed by atoms with van der Waals surface area (Å²) in [5.41, 5.74) is 1.66. The maximum Gasteiger partial charge on any atom is 0.407 e. The quantitative estimate of drug-likeness (QED) is 0.916. The van der Waals surface area contributed by atoms with Crippen LogP contribution in [-0.4, -0.2) is 18.5 Å². The Bertz CT molecular complexity index is 716. The largest absolute Gasteiger partial charge is 0.439 e. The van der Waals surface area contributed by atoms with Gasteiger partial charge in [-0.25, -0.2) is 9.18 Å². The first-order valence-corrected chi connectivity index (χ1v) is 6.73. The van der Waals surface area contributed by atoms with E-state index in [2.05, 4.69) is 10.6 Å². The Morgan fingerprint density at radius 1 is 1.23 bits per heavy atom. The summed E-state index contributed by atoms with van der Waals surface area (Å²) in [4.78, 5) is 23.0. The van der Waals surface area contributed by atoms with Crippen LogP contribution in [0.15, 0.2) is 48.5 Å². The van der Waals surface area contributed by atoms with Crippen molar-refractivity contribution in [3.8, 4) is 0 Å². The fraction of sp³-hybridized carbons (Fsp3) is 0.125. The van der Waals surface area contributed by atoms with Crippen LogP contribution in [0.3, 0.4) is 0 Å². The average Bonchev–Trinajstić information content (AvgIpc) is 2.94. The van der Waals surface area contributed by atoms with E-state index in [4.69, 9.17) is 4.74 Å². The second-order valence-corrected chi connectivity index (χ2v) is 4.86. The topological polar surface area (TPSA) is 67.4 Å². The number of nitrogens with one attached hydrogen (secondary N) is 2. The first-order valence-electron chi connectivity index (χ1n) is 6.73. The van der Waals surface area contributed by atoms with E-state index >= 15 is 0 Å². The molecular weight excluding hydrogens is 287 g/mol. The van der Waals surface area contributed by atoms with Crippen molar-refractivity contribution >= 4 is 17.7 Å². The molecule has 2 aromatic rings. The first-order chi connectivity index (χ1) is 10.6. The average molecular weight is 300 g/mol. The van der Waals surface area contributed by atoms with Crippen LogP contribution in [0.25, 0.3) is 0 Å². The maximum atomic E-state index is 13.1. The molecule has 3 rings (SSSR count). The molecule has 0 radical (unpaired) electrons. The number of anilines is 1. The van der Waals surface area contributed by atoms with Gasteiger partial charge in [0.2, 0.25) is 0 Å². The number of halogens is 1. The maximum absolute atomic E-state index is 13.1. The molecule has 112 valence electrons. The summed E-state index contributed by atoms with van der Waals surface area (Å²) in [5, 5.41) is 5.26. The van der Waals surface area contributed by atoms with Crippen LogP contribution in [0.5, 0.6) is 0 Å². The van der Waals surface area contributed by atoms with Crippen LogP contribution in [-0.2, 0) is 4.74 Å². The fourth-order valence-electron chi connectivity index (χ4n) is 2.19. The van der Waals surface area contributed by atoms with Crippen LogP contribution in [0.4, 0.5) is 14.9 Å². The highest BCUT2D eigenvalue weighted by Crippen LogP contribution is 2.22. The Balaban J connectivity index is 1.68. The van der Waals surface area contributed by atoms with Gasteiger partial charge >= 0.3 is 6.09 Å². The molecule has 0 aromatic heterocycles. The second kappa shape index (κ2) is 5.85. The normalized spacial score (nSPS) is 16.8. The lowest BCUT2D eigenvalue weighted by Gasteiger charge is -2.10. The third-order valence-electron chi connectivity index (χ3n) is 3.31. The van der Waals surface area contributed by atoms with Gasteiger partial charge in [0.15, 0.2) is 0 Å². The first kappa shape index (κ1) is 14.1. The smallest absolute Gasteiger partial charge is 0.407 e. The molecule has 0 bridgehead atoms. The van der Waals surface area contributed by atoms with Crippen LogP contribution in [0, 0.1) is 5.82 Å². The van der Waals surface area contributed by atoms with E-state index in [1.54, 1.807) is 24.3 Å². The Morgan fingerprint density at radius 3 is 2.64 bits per heavy atom. The van der Waals surface area contributed by atoms with Gasteiger partial charge < -0.3 is 15.4 Å². The highest BCUT2D eigenvalue weighted by Gasteiger charge is 2.23. The van der Waals surface area contributed by atoms with Crippen LogP contribution in [0.1, 0.15) is 22.0 Å². The number of ether oxygens (including phenoxy) is 1. The van der Waals surface area contributed by atoms with E-state index in [1.807, 2.05) is 0 Å². The zero-order valence-electron chi connectivity index (χ0n) is 11.5. The number of cyclic esters (lactones) is 1. The van der Waals surface area contributed by atoms with Crippen molar-refractivity contribution in [1.82, 2.24) is 5.32 Å². The van der Waals surface area contributed by atoms with Gasteiger partial charge in [0.1, 0.15) is 11.9 Å². The molecule has 0 saturated carbocycles. The Labute approximate surface area is 126 Å². The fourth-order valence-corrected chi connectivity index (χ4v) is 2.19. The Kier molecular flexibility index (Phi) is 3.74. The Hall–Kier alpha value is -2.89. The summed E-state index contributed by atoms with van der Waals surface area (Å²) < 4.78 is 18.2. The van der Waals surface area contributed by atoms with Crippen molar-refractivity contribution in [1.29, 1.82) is 0 Å². The number of alkyl carbamates (subject to hydrolysis) is 1. The summed E-state index contributed by atoms with van der Waals surface area (Å²) in [7, 11) is 0. The molecule has 1 atom stereocenters. The van der Waals surface area contributed by atoms with Gasteiger partial charge in [-0.2, -0.15) is 0 Å². The number of carbonyl (C=O) groups is 2. The third kappa shape index (κ3) is 3.06. The van der Waals surface area contributed by atoms with E-state index in [9.17, 15) is 14.0 Å². The molecule has 2 aromatic carbocycles. The minimum absolute atomic E-state index is 0.248. The zero-order chi connectivity index (χ0) is 15.5. The standard InChI is InChI=1S/C16H13FN2O3/c17-12-3-1-2-11(8-12)15(20)19-13-6-4-10(5-7-13)14-9-18-16(21)22-14/h1-8,14H,9H2,(H,18,21)(H,19,20). The molecule has 5 nitrogen and oxygen atoms in total.